The van der Waals surface area contributed by atoms with Crippen LogP contribution >= 0.6 is 25.3 Å². The molecule has 0 saturated carbocycles. The van der Waals surface area contributed by atoms with Crippen LogP contribution in [0.5, 0.6) is 0 Å². The molecular formula is C20H22FN3OS2. The van der Waals surface area contributed by atoms with E-state index in [1.54, 1.807) is 17.8 Å². The van der Waals surface area contributed by atoms with Crippen molar-refractivity contribution in [1.82, 2.24) is 10.3 Å². The number of benzene rings is 2. The third-order valence-electron chi connectivity index (χ3n) is 4.87. The summed E-state index contributed by atoms with van der Waals surface area (Å²) in [6.45, 7) is 1.91. The van der Waals surface area contributed by atoms with Crippen molar-refractivity contribution < 1.29 is 9.18 Å². The van der Waals surface area contributed by atoms with Crippen LogP contribution in [0.3, 0.4) is 0 Å². The standard InChI is InChI=1S/C19H16FN3OS.CH4.H2S/c20-12-3-4-14-18-16(19(24)23-14)11(13-2-1-6-22-13)8-15(17(12)18)25-10-5-7-21-9-10;;/h1-4,6,8,10,21-22H,5,7,9H2,(H,23,24);1H4;1H2/t10-;;/m0../s1. The van der Waals surface area contributed by atoms with Crippen molar-refractivity contribution >= 4 is 47.6 Å². The zero-order valence-corrected chi connectivity index (χ0v) is 15.7. The molecule has 142 valence electrons. The van der Waals surface area contributed by atoms with Crippen molar-refractivity contribution in [1.29, 1.82) is 0 Å². The quantitative estimate of drug-likeness (QED) is 0.592. The highest BCUT2D eigenvalue weighted by Gasteiger charge is 2.30. The number of anilines is 1. The molecule has 2 aliphatic rings. The Kier molecular flexibility index (Phi) is 5.55. The molecule has 27 heavy (non-hydrogen) atoms. The second kappa shape index (κ2) is 7.58. The van der Waals surface area contributed by atoms with Gasteiger partial charge in [-0.05, 0) is 43.3 Å². The van der Waals surface area contributed by atoms with Gasteiger partial charge in [0.2, 0.25) is 0 Å². The van der Waals surface area contributed by atoms with Gasteiger partial charge in [0.15, 0.2) is 0 Å². The van der Waals surface area contributed by atoms with E-state index in [4.69, 9.17) is 0 Å². The average molecular weight is 404 g/mol. The Labute approximate surface area is 168 Å². The summed E-state index contributed by atoms with van der Waals surface area (Å²) in [4.78, 5) is 16.6. The topological polar surface area (TPSA) is 56.9 Å². The number of carbonyl (C=O) groups excluding carboxylic acids is 1. The first kappa shape index (κ1) is 19.8. The summed E-state index contributed by atoms with van der Waals surface area (Å²) in [7, 11) is 0. The lowest BCUT2D eigenvalue weighted by Gasteiger charge is -2.15. The number of carbonyl (C=O) groups is 1. The number of halogens is 1. The monoisotopic (exact) mass is 403 g/mol. The highest BCUT2D eigenvalue weighted by atomic mass is 32.2. The van der Waals surface area contributed by atoms with Crippen molar-refractivity contribution in [2.24, 2.45) is 0 Å². The minimum absolute atomic E-state index is 0. The number of H-pyrrole nitrogens is 1. The van der Waals surface area contributed by atoms with E-state index >= 15 is 0 Å². The first-order chi connectivity index (χ1) is 12.2. The van der Waals surface area contributed by atoms with Crippen molar-refractivity contribution in [2.75, 3.05) is 18.4 Å². The summed E-state index contributed by atoms with van der Waals surface area (Å²) < 4.78 is 14.7. The highest BCUT2D eigenvalue weighted by Crippen LogP contribution is 2.45. The Morgan fingerprint density at radius 3 is 2.74 bits per heavy atom. The van der Waals surface area contributed by atoms with Crippen LogP contribution in [0.2, 0.25) is 0 Å². The number of aromatic nitrogens is 1. The molecule has 3 aromatic rings. The van der Waals surface area contributed by atoms with Crippen molar-refractivity contribution in [3.63, 3.8) is 0 Å². The molecular weight excluding hydrogens is 381 g/mol. The van der Waals surface area contributed by atoms with Crippen LogP contribution in [0.1, 0.15) is 24.2 Å². The molecule has 4 nitrogen and oxygen atoms in total. The van der Waals surface area contributed by atoms with Crippen LogP contribution in [-0.4, -0.2) is 29.2 Å². The summed E-state index contributed by atoms with van der Waals surface area (Å²) in [5.74, 6) is -0.447. The van der Waals surface area contributed by atoms with E-state index in [-0.39, 0.29) is 32.6 Å². The summed E-state index contributed by atoms with van der Waals surface area (Å²) in [5, 5.41) is 7.90. The molecule has 7 heteroatoms. The fraction of sp³-hybridized carbons (Fsp3) is 0.250. The number of hydrogen-bond donors (Lipinski definition) is 3. The van der Waals surface area contributed by atoms with E-state index in [0.29, 0.717) is 27.3 Å². The van der Waals surface area contributed by atoms with Crippen molar-refractivity contribution in [3.8, 4) is 11.3 Å². The number of aromatic amines is 1. The molecule has 0 radical (unpaired) electrons. The van der Waals surface area contributed by atoms with E-state index < -0.39 is 0 Å². The Hall–Kier alpha value is -1.96. The van der Waals surface area contributed by atoms with Gasteiger partial charge in [-0.1, -0.05) is 7.43 Å². The van der Waals surface area contributed by atoms with Gasteiger partial charge < -0.3 is 15.6 Å². The number of amides is 1. The molecule has 2 aromatic carbocycles. The van der Waals surface area contributed by atoms with Gasteiger partial charge >= 0.3 is 0 Å². The Morgan fingerprint density at radius 2 is 2.04 bits per heavy atom. The van der Waals surface area contributed by atoms with E-state index in [0.717, 1.165) is 35.7 Å². The molecule has 3 N–H and O–H groups in total. The maximum atomic E-state index is 14.7. The number of thioether (sulfide) groups is 1. The molecule has 3 heterocycles. The second-order valence-corrected chi connectivity index (χ2v) is 7.75. The lowest BCUT2D eigenvalue weighted by atomic mass is 9.97. The third-order valence-corrected chi connectivity index (χ3v) is 6.18. The van der Waals surface area contributed by atoms with E-state index in [1.807, 2.05) is 24.4 Å². The predicted molar refractivity (Wildman–Crippen MR) is 116 cm³/mol. The number of nitrogens with one attached hydrogen (secondary N) is 3. The van der Waals surface area contributed by atoms with Gasteiger partial charge in [0.1, 0.15) is 5.82 Å². The molecule has 1 saturated heterocycles. The maximum Gasteiger partial charge on any atom is 0.257 e. The molecule has 0 spiro atoms. The average Bonchev–Trinajstić information content (AvgIpc) is 3.34. The summed E-state index contributed by atoms with van der Waals surface area (Å²) in [5.41, 5.74) is 2.94. The first-order valence-corrected chi connectivity index (χ1v) is 9.22. The minimum atomic E-state index is -0.275. The fourth-order valence-electron chi connectivity index (χ4n) is 3.72. The molecule has 1 amide bonds. The van der Waals surface area contributed by atoms with Gasteiger partial charge in [-0.15, -0.1) is 11.8 Å². The van der Waals surface area contributed by atoms with Crippen LogP contribution in [0.25, 0.3) is 22.0 Å². The zero-order chi connectivity index (χ0) is 17.0. The Balaban J connectivity index is 0.00000105. The maximum absolute atomic E-state index is 14.7. The molecule has 0 aliphatic carbocycles. The SMILES string of the molecule is C.O=C1Nc2ccc(F)c3c(S[C@H]4CCNC4)cc(-c4ccc[nH]4)c1c23.S. The smallest absolute Gasteiger partial charge is 0.257 e. The van der Waals surface area contributed by atoms with Crippen molar-refractivity contribution in [2.45, 2.75) is 24.0 Å². The molecule has 2 aliphatic heterocycles. The van der Waals surface area contributed by atoms with Crippen LogP contribution < -0.4 is 10.6 Å². The molecule has 1 fully saturated rings. The predicted octanol–water partition coefficient (Wildman–Crippen LogP) is 4.74. The Bertz CT molecular complexity index is 998. The second-order valence-electron chi connectivity index (χ2n) is 6.41. The molecule has 1 atom stereocenters. The van der Waals surface area contributed by atoms with Gasteiger partial charge in [0, 0.05) is 50.6 Å². The van der Waals surface area contributed by atoms with Crippen LogP contribution in [0.15, 0.2) is 41.4 Å². The highest BCUT2D eigenvalue weighted by molar-refractivity contribution is 8.00. The molecule has 1 aromatic heterocycles. The van der Waals surface area contributed by atoms with E-state index in [9.17, 15) is 9.18 Å². The van der Waals surface area contributed by atoms with Gasteiger partial charge in [-0.2, -0.15) is 13.5 Å². The minimum Gasteiger partial charge on any atom is -0.361 e. The van der Waals surface area contributed by atoms with Gasteiger partial charge in [-0.25, -0.2) is 4.39 Å². The van der Waals surface area contributed by atoms with E-state index in [1.165, 1.54) is 6.07 Å². The largest absolute Gasteiger partial charge is 0.361 e. The van der Waals surface area contributed by atoms with Crippen LogP contribution in [0, 0.1) is 5.82 Å². The molecule has 0 unspecified atom stereocenters. The van der Waals surface area contributed by atoms with Gasteiger partial charge in [-0.3, -0.25) is 4.79 Å². The fourth-order valence-corrected chi connectivity index (χ4v) is 5.02. The lowest BCUT2D eigenvalue weighted by Crippen LogP contribution is -2.10. The molecule has 0 bridgehead atoms. The van der Waals surface area contributed by atoms with Crippen LogP contribution in [-0.2, 0) is 0 Å². The zero-order valence-electron chi connectivity index (χ0n) is 13.9. The summed E-state index contributed by atoms with van der Waals surface area (Å²) >= 11 is 1.70. The van der Waals surface area contributed by atoms with Crippen LogP contribution in [0.4, 0.5) is 10.1 Å². The Morgan fingerprint density at radius 1 is 1.19 bits per heavy atom. The first-order valence-electron chi connectivity index (χ1n) is 8.34. The normalized spacial score (nSPS) is 17.5. The third kappa shape index (κ3) is 3.13. The lowest BCUT2D eigenvalue weighted by molar-refractivity contribution is 0.103. The number of rotatable bonds is 3. The van der Waals surface area contributed by atoms with Crippen molar-refractivity contribution in [3.05, 3.63) is 47.9 Å². The summed E-state index contributed by atoms with van der Waals surface area (Å²) in [6.07, 6.45) is 2.89. The summed E-state index contributed by atoms with van der Waals surface area (Å²) in [6, 6.07) is 8.89. The number of hydrogen-bond acceptors (Lipinski definition) is 3. The van der Waals surface area contributed by atoms with E-state index in [2.05, 4.69) is 15.6 Å². The molecule has 5 rings (SSSR count). The van der Waals surface area contributed by atoms with Gasteiger partial charge in [0.25, 0.3) is 5.91 Å². The van der Waals surface area contributed by atoms with Gasteiger partial charge in [0.05, 0.1) is 5.56 Å².